The molecule has 0 saturated heterocycles. The lowest BCUT2D eigenvalue weighted by atomic mass is 9.62. The second-order valence-electron chi connectivity index (χ2n) is 6.26. The molecule has 13 heteroatoms. The number of hydrogen-bond acceptors (Lipinski definition) is 11. The van der Waals surface area contributed by atoms with Gasteiger partial charge < -0.3 is 0 Å². The van der Waals surface area contributed by atoms with Crippen molar-refractivity contribution in [3.63, 3.8) is 0 Å². The van der Waals surface area contributed by atoms with Crippen LogP contribution in [0.3, 0.4) is 0 Å². The molecule has 10 nitrogen and oxygen atoms in total. The Morgan fingerprint density at radius 1 is 0.931 bits per heavy atom. The Bertz CT molecular complexity index is 1060. The number of hydrogen-bond donors (Lipinski definition) is 3. The predicted octanol–water partition coefficient (Wildman–Crippen LogP) is 3.06. The van der Waals surface area contributed by atoms with Crippen molar-refractivity contribution in [1.82, 2.24) is 0 Å². The minimum absolute atomic E-state index is 0.153. The van der Waals surface area contributed by atoms with Gasteiger partial charge in [0.05, 0.1) is 29.0 Å². The van der Waals surface area contributed by atoms with Gasteiger partial charge in [0.2, 0.25) is 0 Å². The van der Waals surface area contributed by atoms with E-state index < -0.39 is 22.0 Å². The van der Waals surface area contributed by atoms with E-state index in [-0.39, 0.29) is 22.0 Å². The van der Waals surface area contributed by atoms with E-state index in [1.807, 2.05) is 0 Å². The Hall–Kier alpha value is -1.52. The van der Waals surface area contributed by atoms with Crippen LogP contribution < -0.4 is 0 Å². The van der Waals surface area contributed by atoms with Crippen molar-refractivity contribution in [2.45, 2.75) is 6.42 Å². The summed E-state index contributed by atoms with van der Waals surface area (Å²) in [5.74, 6) is -1.41. The number of carbonyl (C=O) groups excluding carboxylic acids is 1. The third-order valence-electron chi connectivity index (χ3n) is 4.98. The number of rotatable bonds is 7. The van der Waals surface area contributed by atoms with Crippen molar-refractivity contribution < 1.29 is 47.0 Å². The summed E-state index contributed by atoms with van der Waals surface area (Å²) in [6.07, 6.45) is 7.80. The fraction of sp³-hybridized carbons (Fsp3) is 0.188. The first-order valence-corrected chi connectivity index (χ1v) is 10.9. The van der Waals surface area contributed by atoms with Gasteiger partial charge in [-0.05, 0) is 29.2 Å². The zero-order chi connectivity index (χ0) is 20.8. The van der Waals surface area contributed by atoms with Crippen LogP contribution in [0.15, 0.2) is 67.4 Å². The summed E-state index contributed by atoms with van der Waals surface area (Å²) < 4.78 is 42.7. The molecule has 0 bridgehead atoms. The van der Waals surface area contributed by atoms with Crippen molar-refractivity contribution in [2.24, 2.45) is 11.8 Å². The summed E-state index contributed by atoms with van der Waals surface area (Å²) in [7, 11) is -4.58. The van der Waals surface area contributed by atoms with E-state index >= 15 is 0 Å². The van der Waals surface area contributed by atoms with E-state index in [0.29, 0.717) is 51.3 Å². The lowest BCUT2D eigenvalue weighted by molar-refractivity contribution is -0.431. The standard InChI is InChI=1S/C16H12O10S3/c17-11-5-12(27-25-23-18)8-2-3-9-13(28-26-24-19)6-14(29(20,21)22)10-4-1-7(11)15(8)16(9)10/h1-3,5-6,15-16,18-19H,4H2,(H,20,21,22). The molecule has 4 rings (SSSR count). The molecule has 29 heavy (non-hydrogen) atoms. The molecule has 4 aliphatic rings. The lowest BCUT2D eigenvalue weighted by Crippen LogP contribution is -2.36. The van der Waals surface area contributed by atoms with Crippen molar-refractivity contribution in [3.8, 4) is 0 Å². The first-order valence-electron chi connectivity index (χ1n) is 7.97. The molecule has 2 atom stereocenters. The molecule has 0 heterocycles. The smallest absolute Gasteiger partial charge is 0.290 e. The summed E-state index contributed by atoms with van der Waals surface area (Å²) in [5.41, 5.74) is 2.19. The van der Waals surface area contributed by atoms with Crippen LogP contribution in [0.25, 0.3) is 0 Å². The second-order valence-corrected chi connectivity index (χ2v) is 9.14. The average Bonchev–Trinajstić information content (AvgIpc) is 2.69. The van der Waals surface area contributed by atoms with Crippen LogP contribution in [0.1, 0.15) is 6.42 Å². The van der Waals surface area contributed by atoms with Crippen LogP contribution in [0.4, 0.5) is 0 Å². The van der Waals surface area contributed by atoms with Gasteiger partial charge in [-0.25, -0.2) is 10.5 Å². The van der Waals surface area contributed by atoms with Crippen molar-refractivity contribution in [1.29, 1.82) is 0 Å². The summed E-state index contributed by atoms with van der Waals surface area (Å²) >= 11 is 1.20. The molecule has 0 aromatic carbocycles. The fourth-order valence-corrected chi connectivity index (χ4v) is 6.00. The van der Waals surface area contributed by atoms with Gasteiger partial charge >= 0.3 is 0 Å². The summed E-state index contributed by atoms with van der Waals surface area (Å²) in [6.45, 7) is 0. The lowest BCUT2D eigenvalue weighted by Gasteiger charge is -2.43. The van der Waals surface area contributed by atoms with Gasteiger partial charge in [0, 0.05) is 33.3 Å². The normalized spacial score (nSPS) is 25.6. The van der Waals surface area contributed by atoms with Crippen molar-refractivity contribution in [3.05, 3.63) is 67.4 Å². The molecule has 0 radical (unpaired) electrons. The van der Waals surface area contributed by atoms with Gasteiger partial charge in [-0.3, -0.25) is 9.35 Å². The molecule has 0 aliphatic heterocycles. The predicted molar refractivity (Wildman–Crippen MR) is 100 cm³/mol. The Morgan fingerprint density at radius 2 is 1.52 bits per heavy atom. The number of allylic oxidation sites excluding steroid dienone is 9. The Balaban J connectivity index is 1.90. The molecule has 0 saturated carbocycles. The molecule has 3 N–H and O–H groups in total. The van der Waals surface area contributed by atoms with Crippen LogP contribution in [0, 0.1) is 11.8 Å². The van der Waals surface area contributed by atoms with Crippen molar-refractivity contribution >= 4 is 40.0 Å². The number of carbonyl (C=O) groups is 1. The zero-order valence-electron chi connectivity index (χ0n) is 14.2. The van der Waals surface area contributed by atoms with E-state index in [0.717, 1.165) is 0 Å². The highest BCUT2D eigenvalue weighted by molar-refractivity contribution is 7.99. The molecule has 2 unspecified atom stereocenters. The molecule has 0 aromatic rings. The third kappa shape index (κ3) is 3.59. The Labute approximate surface area is 172 Å². The van der Waals surface area contributed by atoms with E-state index in [1.54, 1.807) is 18.2 Å². The van der Waals surface area contributed by atoms with Gasteiger partial charge in [-0.1, -0.05) is 28.3 Å². The van der Waals surface area contributed by atoms with E-state index in [4.69, 9.17) is 10.5 Å². The highest BCUT2D eigenvalue weighted by atomic mass is 32.2. The van der Waals surface area contributed by atoms with Crippen molar-refractivity contribution in [2.75, 3.05) is 0 Å². The summed E-state index contributed by atoms with van der Waals surface area (Å²) in [4.78, 5) is 13.0. The largest absolute Gasteiger partial charge is 0.294 e. The molecular weight excluding hydrogens is 448 g/mol. The molecule has 0 amide bonds. The summed E-state index contributed by atoms with van der Waals surface area (Å²) in [6, 6.07) is 0. The van der Waals surface area contributed by atoms with Gasteiger partial charge in [0.25, 0.3) is 10.1 Å². The van der Waals surface area contributed by atoms with E-state index in [1.165, 1.54) is 12.2 Å². The molecular formula is C16H12O10S3. The molecule has 4 aliphatic carbocycles. The van der Waals surface area contributed by atoms with Crippen LogP contribution in [0.2, 0.25) is 0 Å². The monoisotopic (exact) mass is 460 g/mol. The maximum Gasteiger partial charge on any atom is 0.294 e. The maximum absolute atomic E-state index is 12.6. The third-order valence-corrected chi connectivity index (χ3v) is 7.24. The quantitative estimate of drug-likeness (QED) is 0.222. The fourth-order valence-electron chi connectivity index (χ4n) is 4.00. The molecule has 0 spiro atoms. The van der Waals surface area contributed by atoms with Gasteiger partial charge in [-0.2, -0.15) is 8.42 Å². The minimum Gasteiger partial charge on any atom is -0.290 e. The van der Waals surface area contributed by atoms with Gasteiger partial charge in [0.15, 0.2) is 5.78 Å². The van der Waals surface area contributed by atoms with E-state index in [9.17, 15) is 17.8 Å². The molecule has 0 aromatic heterocycles. The molecule has 154 valence electrons. The first-order chi connectivity index (χ1) is 13.9. The summed E-state index contributed by atoms with van der Waals surface area (Å²) in [5, 5.41) is 24.1. The van der Waals surface area contributed by atoms with Crippen LogP contribution in [-0.2, 0) is 33.7 Å². The van der Waals surface area contributed by atoms with Crippen LogP contribution in [-0.4, -0.2) is 29.3 Å². The average molecular weight is 460 g/mol. The zero-order valence-corrected chi connectivity index (χ0v) is 16.6. The maximum atomic E-state index is 12.6. The minimum atomic E-state index is -4.58. The van der Waals surface area contributed by atoms with Crippen LogP contribution in [0.5, 0.6) is 0 Å². The second kappa shape index (κ2) is 7.96. The molecule has 0 fully saturated rings. The topological polar surface area (TPSA) is 149 Å². The van der Waals surface area contributed by atoms with Gasteiger partial charge in [-0.15, -0.1) is 8.67 Å². The SMILES string of the molecule is O=C1C=C(SOOO)C2=CC=C3C(SOOO)=CC(S(=O)(=O)O)=C4CC=C1C2C34. The first kappa shape index (κ1) is 20.7. The van der Waals surface area contributed by atoms with Crippen LogP contribution >= 0.6 is 24.1 Å². The van der Waals surface area contributed by atoms with E-state index in [2.05, 4.69) is 18.7 Å². The Morgan fingerprint density at radius 3 is 2.10 bits per heavy atom. The highest BCUT2D eigenvalue weighted by Gasteiger charge is 2.47. The highest BCUT2D eigenvalue weighted by Crippen LogP contribution is 2.56. The number of ketones is 1. The van der Waals surface area contributed by atoms with Gasteiger partial charge in [0.1, 0.15) is 0 Å². The Kier molecular flexibility index (Phi) is 5.69.